The molecule has 2 aromatic heterocycles. The van der Waals surface area contributed by atoms with Gasteiger partial charge in [-0.25, -0.2) is 9.89 Å². The van der Waals surface area contributed by atoms with Crippen LogP contribution in [0.5, 0.6) is 0 Å². The van der Waals surface area contributed by atoms with Gasteiger partial charge in [0.1, 0.15) is 5.69 Å². The van der Waals surface area contributed by atoms with Crippen molar-refractivity contribution in [1.82, 2.24) is 25.2 Å². The summed E-state index contributed by atoms with van der Waals surface area (Å²) in [6.07, 6.45) is 1.64. The van der Waals surface area contributed by atoms with E-state index in [9.17, 15) is 9.59 Å². The second-order valence-corrected chi connectivity index (χ2v) is 7.91. The van der Waals surface area contributed by atoms with Crippen LogP contribution in [-0.2, 0) is 0 Å². The third-order valence-electron chi connectivity index (χ3n) is 5.11. The Morgan fingerprint density at radius 3 is 2.55 bits per heavy atom. The first-order valence-electron chi connectivity index (χ1n) is 9.35. The number of benzene rings is 1. The molecule has 0 unspecified atom stereocenters. The third-order valence-corrected chi connectivity index (χ3v) is 6.05. The van der Waals surface area contributed by atoms with E-state index in [1.165, 1.54) is 0 Å². The number of carbonyl (C=O) groups excluding carboxylic acids is 1. The maximum atomic E-state index is 12.8. The highest BCUT2D eigenvalue weighted by atomic mass is 35.5. The summed E-state index contributed by atoms with van der Waals surface area (Å²) in [6, 6.07) is 5.31. The van der Waals surface area contributed by atoms with Crippen LogP contribution in [0.2, 0.25) is 10.0 Å². The molecule has 0 atom stereocenters. The fourth-order valence-corrected chi connectivity index (χ4v) is 3.86. The van der Waals surface area contributed by atoms with Crippen LogP contribution in [0.3, 0.4) is 0 Å². The SMILES string of the molecule is Cc1[nH]c(C(=O)Nc2ccc(-n3nn[nH]c3=O)cc2N2CCC(N)CC2)c(Cl)c1Cl.Cl. The monoisotopic (exact) mass is 486 g/mol. The lowest BCUT2D eigenvalue weighted by Crippen LogP contribution is -2.40. The predicted molar refractivity (Wildman–Crippen MR) is 122 cm³/mol. The summed E-state index contributed by atoms with van der Waals surface area (Å²) in [5, 5.41) is 12.9. The van der Waals surface area contributed by atoms with Crippen molar-refractivity contribution in [3.63, 3.8) is 0 Å². The fourth-order valence-electron chi connectivity index (χ4n) is 3.44. The van der Waals surface area contributed by atoms with Crippen molar-refractivity contribution < 1.29 is 4.79 Å². The van der Waals surface area contributed by atoms with Crippen LogP contribution in [0.1, 0.15) is 29.0 Å². The standard InChI is InChI=1S/C18H20Cl2N8O2.ClH/c1-9-14(19)15(20)16(22-9)17(29)23-12-3-2-11(28-18(30)24-25-26-28)8-13(12)27-6-4-10(21)5-7-27;/h2-3,8,10,22H,4-7,21H2,1H3,(H,23,29)(H,24,26,30);1H. The number of tetrazole rings is 1. The lowest BCUT2D eigenvalue weighted by atomic mass is 10.0. The van der Waals surface area contributed by atoms with E-state index in [0.29, 0.717) is 22.1 Å². The molecule has 1 aliphatic heterocycles. The highest BCUT2D eigenvalue weighted by Gasteiger charge is 2.23. The van der Waals surface area contributed by atoms with Crippen LogP contribution in [0.4, 0.5) is 11.4 Å². The number of hydrogen-bond acceptors (Lipinski definition) is 6. The van der Waals surface area contributed by atoms with Crippen molar-refractivity contribution in [2.45, 2.75) is 25.8 Å². The van der Waals surface area contributed by atoms with Crippen molar-refractivity contribution in [3.05, 3.63) is 50.1 Å². The normalized spacial score (nSPS) is 14.4. The molecule has 166 valence electrons. The van der Waals surface area contributed by atoms with Gasteiger partial charge in [-0.05, 0) is 48.4 Å². The summed E-state index contributed by atoms with van der Waals surface area (Å²) in [6.45, 7) is 3.17. The molecule has 0 bridgehead atoms. The molecule has 0 aliphatic carbocycles. The number of aryl methyl sites for hydroxylation is 1. The Hall–Kier alpha value is -2.53. The van der Waals surface area contributed by atoms with Gasteiger partial charge in [-0.3, -0.25) is 4.79 Å². The number of nitrogens with zero attached hydrogens (tertiary/aromatic N) is 4. The molecule has 10 nitrogen and oxygen atoms in total. The number of hydrogen-bond donors (Lipinski definition) is 4. The highest BCUT2D eigenvalue weighted by Crippen LogP contribution is 2.33. The average Bonchev–Trinajstić information content (AvgIpc) is 3.27. The van der Waals surface area contributed by atoms with E-state index in [4.69, 9.17) is 28.9 Å². The van der Waals surface area contributed by atoms with Gasteiger partial charge in [0.25, 0.3) is 5.91 Å². The van der Waals surface area contributed by atoms with Gasteiger partial charge in [-0.1, -0.05) is 23.2 Å². The average molecular weight is 488 g/mol. The molecule has 1 amide bonds. The largest absolute Gasteiger partial charge is 0.370 e. The van der Waals surface area contributed by atoms with Crippen molar-refractivity contribution >= 4 is 52.9 Å². The number of halogens is 3. The van der Waals surface area contributed by atoms with Gasteiger partial charge in [-0.15, -0.1) is 12.4 Å². The summed E-state index contributed by atoms with van der Waals surface area (Å²) < 4.78 is 1.15. The van der Waals surface area contributed by atoms with Crippen molar-refractivity contribution in [2.24, 2.45) is 5.73 Å². The molecule has 5 N–H and O–H groups in total. The summed E-state index contributed by atoms with van der Waals surface area (Å²) >= 11 is 12.3. The number of H-pyrrole nitrogens is 2. The van der Waals surface area contributed by atoms with Crippen LogP contribution in [0, 0.1) is 6.92 Å². The van der Waals surface area contributed by atoms with E-state index in [-0.39, 0.29) is 29.2 Å². The Balaban J connectivity index is 0.00000272. The van der Waals surface area contributed by atoms with Gasteiger partial charge < -0.3 is 20.9 Å². The number of aromatic amines is 2. The van der Waals surface area contributed by atoms with Crippen LogP contribution in [-0.4, -0.2) is 50.2 Å². The molecular weight excluding hydrogens is 467 g/mol. The molecule has 13 heteroatoms. The van der Waals surface area contributed by atoms with Crippen LogP contribution in [0.25, 0.3) is 5.69 Å². The molecule has 31 heavy (non-hydrogen) atoms. The number of nitrogens with one attached hydrogen (secondary N) is 3. The first kappa shape index (κ1) is 23.1. The van der Waals surface area contributed by atoms with Crippen molar-refractivity contribution in [3.8, 4) is 5.69 Å². The number of anilines is 2. The topological polar surface area (TPSA) is 138 Å². The number of rotatable bonds is 4. The molecule has 1 aliphatic rings. The Morgan fingerprint density at radius 1 is 1.26 bits per heavy atom. The summed E-state index contributed by atoms with van der Waals surface area (Å²) in [4.78, 5) is 29.8. The first-order chi connectivity index (χ1) is 14.3. The molecule has 1 saturated heterocycles. The molecule has 3 aromatic rings. The van der Waals surface area contributed by atoms with Gasteiger partial charge in [0.15, 0.2) is 0 Å². The molecule has 0 spiro atoms. The number of amides is 1. The first-order valence-corrected chi connectivity index (χ1v) is 10.1. The Kier molecular flexibility index (Phi) is 6.95. The summed E-state index contributed by atoms with van der Waals surface area (Å²) in [7, 11) is 0. The van der Waals surface area contributed by atoms with E-state index >= 15 is 0 Å². The molecular formula is C18H21Cl3N8O2. The number of nitrogens with two attached hydrogens (primary N) is 1. The predicted octanol–water partition coefficient (Wildman–Crippen LogP) is 2.50. The van der Waals surface area contributed by atoms with E-state index in [2.05, 4.69) is 30.7 Å². The van der Waals surface area contributed by atoms with Gasteiger partial charge >= 0.3 is 5.69 Å². The second kappa shape index (κ2) is 9.31. The zero-order valence-electron chi connectivity index (χ0n) is 16.5. The fraction of sp³-hybridized carbons (Fsp3) is 0.333. The lowest BCUT2D eigenvalue weighted by Gasteiger charge is -2.33. The molecule has 4 rings (SSSR count). The van der Waals surface area contributed by atoms with Gasteiger partial charge in [0, 0.05) is 24.8 Å². The third kappa shape index (κ3) is 4.57. The van der Waals surface area contributed by atoms with E-state index in [0.717, 1.165) is 36.3 Å². The maximum absolute atomic E-state index is 12.8. The molecule has 1 aromatic carbocycles. The zero-order valence-corrected chi connectivity index (χ0v) is 18.8. The molecule has 1 fully saturated rings. The lowest BCUT2D eigenvalue weighted by molar-refractivity contribution is 0.102. The maximum Gasteiger partial charge on any atom is 0.365 e. The van der Waals surface area contributed by atoms with E-state index in [1.54, 1.807) is 25.1 Å². The molecule has 3 heterocycles. The van der Waals surface area contributed by atoms with Crippen LogP contribution < -0.4 is 21.6 Å². The van der Waals surface area contributed by atoms with Gasteiger partial charge in [-0.2, -0.15) is 4.68 Å². The molecule has 0 saturated carbocycles. The second-order valence-electron chi connectivity index (χ2n) is 7.15. The minimum absolute atomic E-state index is 0. The van der Waals surface area contributed by atoms with Crippen LogP contribution in [0.15, 0.2) is 23.0 Å². The van der Waals surface area contributed by atoms with Gasteiger partial charge in [0.2, 0.25) is 0 Å². The number of piperidine rings is 1. The smallest absolute Gasteiger partial charge is 0.365 e. The Labute approximate surface area is 193 Å². The summed E-state index contributed by atoms with van der Waals surface area (Å²) in [5.41, 5.74) is 8.20. The van der Waals surface area contributed by atoms with Crippen molar-refractivity contribution in [1.29, 1.82) is 0 Å². The highest BCUT2D eigenvalue weighted by molar-refractivity contribution is 6.44. The molecule has 0 radical (unpaired) electrons. The zero-order chi connectivity index (χ0) is 21.4. The quantitative estimate of drug-likeness (QED) is 0.446. The Bertz CT molecular complexity index is 1150. The van der Waals surface area contributed by atoms with Crippen LogP contribution >= 0.6 is 35.6 Å². The van der Waals surface area contributed by atoms with E-state index in [1.807, 2.05) is 0 Å². The minimum atomic E-state index is -0.457. The number of carbonyl (C=O) groups is 1. The Morgan fingerprint density at radius 2 is 1.97 bits per heavy atom. The van der Waals surface area contributed by atoms with Gasteiger partial charge in [0.05, 0.1) is 27.1 Å². The van der Waals surface area contributed by atoms with E-state index < -0.39 is 11.6 Å². The minimum Gasteiger partial charge on any atom is -0.370 e. The number of aromatic nitrogens is 5. The van der Waals surface area contributed by atoms with Crippen molar-refractivity contribution in [2.75, 3.05) is 23.3 Å². The summed E-state index contributed by atoms with van der Waals surface area (Å²) in [5.74, 6) is -0.420.